The first-order valence-corrected chi connectivity index (χ1v) is 6.45. The number of allylic oxidation sites excluding steroid dienone is 1. The molecule has 0 bridgehead atoms. The van der Waals surface area contributed by atoms with Crippen LogP contribution in [0, 0.1) is 0 Å². The second-order valence-electron chi connectivity index (χ2n) is 3.65. The number of hydrogen-bond acceptors (Lipinski definition) is 2. The largest absolute Gasteiger partial charge is 0.477 e. The van der Waals surface area contributed by atoms with Crippen LogP contribution in [0.1, 0.15) is 58.3 Å². The maximum atomic E-state index is 9.21. The number of aliphatic carboxylic acids is 1. The van der Waals surface area contributed by atoms with Crippen LogP contribution in [0.2, 0.25) is 0 Å². The maximum Gasteiger partial charge on any atom is 0.339 e. The molecule has 0 aliphatic heterocycles. The van der Waals surface area contributed by atoms with Gasteiger partial charge < -0.3 is 5.11 Å². The number of hydrogen-bond donors (Lipinski definition) is 1. The van der Waals surface area contributed by atoms with Crippen molar-refractivity contribution in [2.45, 2.75) is 58.3 Å². The molecular formula is C13H24O2S. The molecule has 0 saturated carbocycles. The lowest BCUT2D eigenvalue weighted by Gasteiger charge is -1.98. The molecule has 16 heavy (non-hydrogen) atoms. The zero-order valence-corrected chi connectivity index (χ0v) is 11.1. The molecule has 0 saturated heterocycles. The predicted octanol–water partition coefficient (Wildman–Crippen LogP) is 4.38. The first kappa shape index (κ1) is 17.7. The highest BCUT2D eigenvalue weighted by molar-refractivity contribution is 7.80. The van der Waals surface area contributed by atoms with Gasteiger partial charge in [0, 0.05) is 0 Å². The Morgan fingerprint density at radius 1 is 1.19 bits per heavy atom. The van der Waals surface area contributed by atoms with Gasteiger partial charge in [-0.2, -0.15) is 0 Å². The van der Waals surface area contributed by atoms with Gasteiger partial charge in [-0.3, -0.25) is 0 Å². The average Bonchev–Trinajstić information content (AvgIpc) is 2.29. The molecule has 3 heteroatoms. The highest BCUT2D eigenvalue weighted by Gasteiger charge is 1.88. The summed E-state index contributed by atoms with van der Waals surface area (Å²) in [6, 6.07) is 0. The van der Waals surface area contributed by atoms with Gasteiger partial charge in [0.1, 0.15) is 0 Å². The second kappa shape index (κ2) is 16.7. The molecule has 0 amide bonds. The first-order valence-electron chi connectivity index (χ1n) is 5.98. The minimum atomic E-state index is -1.06. The zero-order chi connectivity index (χ0) is 12.6. The van der Waals surface area contributed by atoms with E-state index < -0.39 is 5.97 Å². The van der Waals surface area contributed by atoms with Crippen molar-refractivity contribution in [2.24, 2.45) is 0 Å². The van der Waals surface area contributed by atoms with Gasteiger partial charge in [0.2, 0.25) is 0 Å². The summed E-state index contributed by atoms with van der Waals surface area (Å²) < 4.78 is 0. The fourth-order valence-electron chi connectivity index (χ4n) is 1.25. The quantitative estimate of drug-likeness (QED) is 0.371. The van der Waals surface area contributed by atoms with Gasteiger partial charge in [0.25, 0.3) is 0 Å². The van der Waals surface area contributed by atoms with Crippen molar-refractivity contribution in [2.75, 3.05) is 0 Å². The van der Waals surface area contributed by atoms with E-state index in [0.29, 0.717) is 5.37 Å². The van der Waals surface area contributed by atoms with E-state index in [2.05, 4.69) is 25.7 Å². The van der Waals surface area contributed by atoms with Crippen molar-refractivity contribution in [1.82, 2.24) is 0 Å². The van der Waals surface area contributed by atoms with E-state index in [4.69, 9.17) is 5.11 Å². The Kier molecular flexibility index (Phi) is 18.5. The average molecular weight is 244 g/mol. The summed E-state index contributed by atoms with van der Waals surface area (Å²) in [5.74, 6) is -1.06. The third-order valence-electron chi connectivity index (χ3n) is 2.11. The van der Waals surface area contributed by atoms with Gasteiger partial charge in [0.15, 0.2) is 0 Å². The smallest absolute Gasteiger partial charge is 0.339 e. The van der Waals surface area contributed by atoms with Gasteiger partial charge >= 0.3 is 5.97 Å². The van der Waals surface area contributed by atoms with Gasteiger partial charge in [0.05, 0.1) is 5.37 Å². The van der Waals surface area contributed by atoms with Crippen molar-refractivity contribution in [3.8, 4) is 0 Å². The third-order valence-corrected chi connectivity index (χ3v) is 2.31. The summed E-state index contributed by atoms with van der Waals surface area (Å²) in [5, 5.41) is 8.23. The molecule has 0 aliphatic rings. The molecule has 0 aromatic heterocycles. The highest BCUT2D eigenvalue weighted by Crippen LogP contribution is 2.07. The normalized spacial score (nSPS) is 8.81. The molecule has 0 radical (unpaired) electrons. The third kappa shape index (κ3) is 23.3. The van der Waals surface area contributed by atoms with E-state index in [1.54, 1.807) is 0 Å². The van der Waals surface area contributed by atoms with Crippen molar-refractivity contribution >= 4 is 23.6 Å². The topological polar surface area (TPSA) is 37.3 Å². The first-order chi connectivity index (χ1) is 7.68. The highest BCUT2D eigenvalue weighted by atomic mass is 32.1. The van der Waals surface area contributed by atoms with Crippen LogP contribution in [0.3, 0.4) is 0 Å². The van der Waals surface area contributed by atoms with Crippen LogP contribution in [-0.4, -0.2) is 16.4 Å². The molecule has 0 aliphatic carbocycles. The number of carbonyl (C=O) groups is 1. The van der Waals surface area contributed by atoms with Crippen LogP contribution in [0.4, 0.5) is 0 Å². The lowest BCUT2D eigenvalue weighted by molar-refractivity contribution is -0.128. The SMILES string of the molecule is C=CCCCCCCCCC.O=C(O)C=S. The summed E-state index contributed by atoms with van der Waals surface area (Å²) in [6.45, 7) is 5.97. The number of carboxylic acids is 1. The molecule has 94 valence electrons. The van der Waals surface area contributed by atoms with E-state index in [1.165, 1.54) is 51.4 Å². The molecule has 0 rings (SSSR count). The zero-order valence-electron chi connectivity index (χ0n) is 10.3. The van der Waals surface area contributed by atoms with Crippen LogP contribution >= 0.6 is 12.2 Å². The summed E-state index contributed by atoms with van der Waals surface area (Å²) >= 11 is 3.95. The van der Waals surface area contributed by atoms with E-state index >= 15 is 0 Å². The lowest BCUT2D eigenvalue weighted by atomic mass is 10.1. The summed E-state index contributed by atoms with van der Waals surface area (Å²) in [5.41, 5.74) is 0. The lowest BCUT2D eigenvalue weighted by Crippen LogP contribution is -1.89. The monoisotopic (exact) mass is 244 g/mol. The van der Waals surface area contributed by atoms with Crippen molar-refractivity contribution in [3.05, 3.63) is 12.7 Å². The number of carboxylic acid groups (broad SMARTS) is 1. The molecule has 0 atom stereocenters. The van der Waals surface area contributed by atoms with E-state index in [1.807, 2.05) is 6.08 Å². The molecule has 0 heterocycles. The van der Waals surface area contributed by atoms with Gasteiger partial charge in [-0.25, -0.2) is 4.79 Å². The van der Waals surface area contributed by atoms with Gasteiger partial charge in [-0.15, -0.1) is 6.58 Å². The fourth-order valence-corrected chi connectivity index (χ4v) is 1.25. The van der Waals surface area contributed by atoms with E-state index in [9.17, 15) is 4.79 Å². The van der Waals surface area contributed by atoms with Crippen molar-refractivity contribution < 1.29 is 9.90 Å². The molecule has 0 spiro atoms. The fraction of sp³-hybridized carbons (Fsp3) is 0.692. The molecule has 0 fully saturated rings. The number of unbranched alkanes of at least 4 members (excludes halogenated alkanes) is 7. The van der Waals surface area contributed by atoms with Crippen LogP contribution in [0.5, 0.6) is 0 Å². The Morgan fingerprint density at radius 3 is 2.00 bits per heavy atom. The Bertz CT molecular complexity index is 179. The molecular weight excluding hydrogens is 220 g/mol. The summed E-state index contributed by atoms with van der Waals surface area (Å²) in [6.07, 6.45) is 13.0. The summed E-state index contributed by atoms with van der Waals surface area (Å²) in [4.78, 5) is 9.21. The molecule has 1 N–H and O–H groups in total. The number of rotatable bonds is 9. The minimum absolute atomic E-state index is 0.667. The molecule has 2 nitrogen and oxygen atoms in total. The van der Waals surface area contributed by atoms with Crippen LogP contribution in [-0.2, 0) is 4.79 Å². The van der Waals surface area contributed by atoms with Crippen LogP contribution < -0.4 is 0 Å². The second-order valence-corrected chi connectivity index (χ2v) is 3.89. The summed E-state index contributed by atoms with van der Waals surface area (Å²) in [7, 11) is 0. The van der Waals surface area contributed by atoms with Crippen LogP contribution in [0.25, 0.3) is 0 Å². The van der Waals surface area contributed by atoms with E-state index in [-0.39, 0.29) is 0 Å². The standard InChI is InChI=1S/C11H22.C2H2O2S/c1-3-5-7-9-11-10-8-6-4-2;3-2(4)1-5/h3H,1,4-11H2,2H3;1H,(H,3,4). The molecule has 0 aromatic carbocycles. The van der Waals surface area contributed by atoms with E-state index in [0.717, 1.165) is 0 Å². The number of thiocarbonyl (C=S) groups is 1. The molecule has 0 unspecified atom stereocenters. The Balaban J connectivity index is 0. The molecule has 0 aromatic rings. The van der Waals surface area contributed by atoms with Crippen LogP contribution in [0.15, 0.2) is 12.7 Å². The van der Waals surface area contributed by atoms with Crippen molar-refractivity contribution in [1.29, 1.82) is 0 Å². The van der Waals surface area contributed by atoms with Gasteiger partial charge in [-0.1, -0.05) is 63.7 Å². The predicted molar refractivity (Wildman–Crippen MR) is 74.1 cm³/mol. The Morgan fingerprint density at radius 2 is 1.62 bits per heavy atom. The Hall–Kier alpha value is -0.700. The van der Waals surface area contributed by atoms with Gasteiger partial charge in [-0.05, 0) is 12.8 Å². The maximum absolute atomic E-state index is 9.21. The Labute approximate surface area is 105 Å². The minimum Gasteiger partial charge on any atom is -0.477 e. The van der Waals surface area contributed by atoms with Crippen molar-refractivity contribution in [3.63, 3.8) is 0 Å².